The normalized spacial score (nSPS) is 11.2. The molecule has 0 aromatic heterocycles. The van der Waals surface area contributed by atoms with E-state index < -0.39 is 12.0 Å². The van der Waals surface area contributed by atoms with Crippen molar-refractivity contribution in [2.75, 3.05) is 25.6 Å². The molecule has 0 fully saturated rings. The van der Waals surface area contributed by atoms with E-state index in [0.717, 1.165) is 5.56 Å². The highest BCUT2D eigenvalue weighted by atomic mass is 19.1. The molecule has 1 atom stereocenters. The van der Waals surface area contributed by atoms with Crippen LogP contribution >= 0.6 is 0 Å². The number of hydrogen-bond acceptors (Lipinski definition) is 6. The molecule has 1 unspecified atom stereocenters. The number of methoxy groups -OCH3 is 1. The van der Waals surface area contributed by atoms with Crippen LogP contribution in [0.25, 0.3) is 0 Å². The summed E-state index contributed by atoms with van der Waals surface area (Å²) in [4.78, 5) is 12.6. The van der Waals surface area contributed by atoms with E-state index in [1.807, 2.05) is 13.0 Å². The van der Waals surface area contributed by atoms with Gasteiger partial charge in [0, 0.05) is 18.2 Å². The first-order valence-electron chi connectivity index (χ1n) is 10.5. The van der Waals surface area contributed by atoms with Gasteiger partial charge in [0.1, 0.15) is 17.3 Å². The van der Waals surface area contributed by atoms with Crippen molar-refractivity contribution in [3.63, 3.8) is 0 Å². The van der Waals surface area contributed by atoms with E-state index in [2.05, 4.69) is 11.4 Å². The maximum Gasteiger partial charge on any atom is 0.332 e. The minimum absolute atomic E-state index is 0.289. The fourth-order valence-electron chi connectivity index (χ4n) is 3.28. The summed E-state index contributed by atoms with van der Waals surface area (Å²) in [7, 11) is 1.32. The molecule has 0 saturated carbocycles. The van der Waals surface area contributed by atoms with Crippen molar-refractivity contribution in [3.05, 3.63) is 89.2 Å². The number of benzene rings is 3. The van der Waals surface area contributed by atoms with Crippen LogP contribution in [0.15, 0.2) is 66.7 Å². The highest BCUT2D eigenvalue weighted by Gasteiger charge is 2.23. The van der Waals surface area contributed by atoms with Gasteiger partial charge in [-0.1, -0.05) is 12.1 Å². The summed E-state index contributed by atoms with van der Waals surface area (Å²) in [6.45, 7) is 2.63. The van der Waals surface area contributed by atoms with E-state index in [1.54, 1.807) is 48.5 Å². The summed E-state index contributed by atoms with van der Waals surface area (Å²) in [5.74, 6) is 0.288. The van der Waals surface area contributed by atoms with Gasteiger partial charge in [-0.15, -0.1) is 0 Å². The van der Waals surface area contributed by atoms with Crippen molar-refractivity contribution in [2.24, 2.45) is 0 Å². The lowest BCUT2D eigenvalue weighted by atomic mass is 10.1. The number of carbonyl (C=O) groups excluding carboxylic acids is 1. The number of anilines is 1. The Balaban J connectivity index is 1.83. The van der Waals surface area contributed by atoms with Crippen LogP contribution in [0.3, 0.4) is 0 Å². The van der Waals surface area contributed by atoms with Gasteiger partial charge in [0.05, 0.1) is 32.0 Å². The molecule has 0 radical (unpaired) electrons. The van der Waals surface area contributed by atoms with Gasteiger partial charge in [0.2, 0.25) is 0 Å². The zero-order valence-corrected chi connectivity index (χ0v) is 18.5. The van der Waals surface area contributed by atoms with Crippen molar-refractivity contribution in [2.45, 2.75) is 19.4 Å². The quantitative estimate of drug-likeness (QED) is 0.438. The molecule has 7 heteroatoms. The van der Waals surface area contributed by atoms with Crippen LogP contribution < -0.4 is 14.8 Å². The van der Waals surface area contributed by atoms with E-state index >= 15 is 0 Å². The molecule has 3 rings (SSSR count). The molecular formula is C26H25FN2O4. The van der Waals surface area contributed by atoms with Crippen molar-refractivity contribution in [3.8, 4) is 17.6 Å². The highest BCUT2D eigenvalue weighted by Crippen LogP contribution is 2.30. The van der Waals surface area contributed by atoms with Gasteiger partial charge in [0.25, 0.3) is 0 Å². The lowest BCUT2D eigenvalue weighted by molar-refractivity contribution is -0.141. The van der Waals surface area contributed by atoms with Crippen LogP contribution in [0.5, 0.6) is 11.5 Å². The van der Waals surface area contributed by atoms with E-state index in [1.165, 1.54) is 19.2 Å². The Morgan fingerprint density at radius 1 is 1.06 bits per heavy atom. The van der Waals surface area contributed by atoms with Crippen LogP contribution in [0.4, 0.5) is 10.1 Å². The number of hydrogen-bond donors (Lipinski definition) is 1. The molecule has 3 aromatic rings. The second-order valence-electron chi connectivity index (χ2n) is 7.19. The topological polar surface area (TPSA) is 80.6 Å². The highest BCUT2D eigenvalue weighted by molar-refractivity contribution is 5.81. The second kappa shape index (κ2) is 11.5. The minimum atomic E-state index is -0.825. The van der Waals surface area contributed by atoms with Crippen LogP contribution in [0, 0.1) is 17.1 Å². The van der Waals surface area contributed by atoms with Crippen molar-refractivity contribution in [1.82, 2.24) is 0 Å². The monoisotopic (exact) mass is 448 g/mol. The summed E-state index contributed by atoms with van der Waals surface area (Å²) < 4.78 is 30.0. The predicted molar refractivity (Wildman–Crippen MR) is 123 cm³/mol. The molecule has 0 aliphatic carbocycles. The van der Waals surface area contributed by atoms with Gasteiger partial charge in [-0.2, -0.15) is 5.26 Å². The fraction of sp³-hybridized carbons (Fsp3) is 0.231. The van der Waals surface area contributed by atoms with E-state index in [-0.39, 0.29) is 5.82 Å². The summed E-state index contributed by atoms with van der Waals surface area (Å²) in [5, 5.41) is 12.1. The lowest BCUT2D eigenvalue weighted by Gasteiger charge is -2.20. The number of nitriles is 1. The number of ether oxygens (including phenoxy) is 3. The summed E-state index contributed by atoms with van der Waals surface area (Å²) in [6, 6.07) is 19.6. The molecule has 3 aromatic carbocycles. The molecule has 170 valence electrons. The molecule has 0 heterocycles. The van der Waals surface area contributed by atoms with E-state index in [4.69, 9.17) is 19.5 Å². The molecule has 0 saturated heterocycles. The lowest BCUT2D eigenvalue weighted by Crippen LogP contribution is -2.22. The number of halogens is 1. The number of carbonyl (C=O) groups is 1. The first kappa shape index (κ1) is 23.6. The largest absolute Gasteiger partial charge is 0.494 e. The molecule has 0 bridgehead atoms. The zero-order chi connectivity index (χ0) is 23.6. The van der Waals surface area contributed by atoms with Gasteiger partial charge in [-0.05, 0) is 66.6 Å². The van der Waals surface area contributed by atoms with Gasteiger partial charge < -0.3 is 19.5 Å². The number of esters is 1. The van der Waals surface area contributed by atoms with Crippen molar-refractivity contribution < 1.29 is 23.4 Å². The third-order valence-electron chi connectivity index (χ3n) is 4.86. The summed E-state index contributed by atoms with van der Waals surface area (Å²) in [6.07, 6.45) is 0.524. The second-order valence-corrected chi connectivity index (χ2v) is 7.19. The Bertz CT molecular complexity index is 1130. The third-order valence-corrected chi connectivity index (χ3v) is 4.86. The molecule has 1 N–H and O–H groups in total. The molecule has 6 nitrogen and oxygen atoms in total. The Hall–Kier alpha value is -4.05. The smallest absolute Gasteiger partial charge is 0.332 e. The summed E-state index contributed by atoms with van der Waals surface area (Å²) >= 11 is 0. The summed E-state index contributed by atoms with van der Waals surface area (Å²) in [5.41, 5.74) is 2.59. The van der Waals surface area contributed by atoms with Gasteiger partial charge in [-0.3, -0.25) is 0 Å². The van der Waals surface area contributed by atoms with Gasteiger partial charge >= 0.3 is 5.97 Å². The van der Waals surface area contributed by atoms with Crippen LogP contribution in [0.1, 0.15) is 29.7 Å². The van der Waals surface area contributed by atoms with Crippen LogP contribution in [0.2, 0.25) is 0 Å². The number of rotatable bonds is 10. The third kappa shape index (κ3) is 6.71. The Morgan fingerprint density at radius 3 is 2.42 bits per heavy atom. The average Bonchev–Trinajstić information content (AvgIpc) is 2.82. The SMILES string of the molecule is CCOc1cc(OCCc2cccc(F)c2)cc(C(Nc2ccc(C#N)cc2)C(=O)OC)c1. The van der Waals surface area contributed by atoms with Gasteiger partial charge in [0.15, 0.2) is 6.04 Å². The average molecular weight is 448 g/mol. The van der Waals surface area contributed by atoms with E-state index in [0.29, 0.717) is 47.9 Å². The first-order valence-corrected chi connectivity index (χ1v) is 10.5. The number of nitrogens with one attached hydrogen (secondary N) is 1. The maximum atomic E-state index is 13.4. The molecular weight excluding hydrogens is 423 g/mol. The van der Waals surface area contributed by atoms with Gasteiger partial charge in [-0.25, -0.2) is 9.18 Å². The van der Waals surface area contributed by atoms with Crippen molar-refractivity contribution >= 4 is 11.7 Å². The molecule has 33 heavy (non-hydrogen) atoms. The maximum absolute atomic E-state index is 13.4. The van der Waals surface area contributed by atoms with Crippen molar-refractivity contribution in [1.29, 1.82) is 5.26 Å². The fourth-order valence-corrected chi connectivity index (χ4v) is 3.28. The zero-order valence-electron chi connectivity index (χ0n) is 18.5. The van der Waals surface area contributed by atoms with Crippen LogP contribution in [-0.2, 0) is 16.0 Å². The number of nitrogens with zero attached hydrogens (tertiary/aromatic N) is 1. The Labute approximate surface area is 192 Å². The molecule has 0 aliphatic heterocycles. The van der Waals surface area contributed by atoms with Crippen LogP contribution in [-0.4, -0.2) is 26.3 Å². The predicted octanol–water partition coefficient (Wildman–Crippen LogP) is 5.04. The molecule has 0 spiro atoms. The molecule has 0 amide bonds. The minimum Gasteiger partial charge on any atom is -0.494 e. The van der Waals surface area contributed by atoms with E-state index in [9.17, 15) is 9.18 Å². The molecule has 0 aliphatic rings. The Morgan fingerprint density at radius 2 is 1.79 bits per heavy atom. The standard InChI is InChI=1S/C26H25FN2O4/c1-3-32-23-14-20(15-24(16-23)33-12-11-18-5-4-6-21(27)13-18)25(26(30)31-2)29-22-9-7-19(17-28)8-10-22/h4-10,13-16,25,29H,3,11-12H2,1-2H3. The first-order chi connectivity index (χ1) is 16.0. The Kier molecular flexibility index (Phi) is 8.25.